The Morgan fingerprint density at radius 1 is 0.330 bits per heavy atom. The van der Waals surface area contributed by atoms with E-state index < -0.39 is 11.6 Å². The van der Waals surface area contributed by atoms with Crippen LogP contribution in [0.3, 0.4) is 0 Å². The van der Waals surface area contributed by atoms with Crippen LogP contribution in [0.5, 0.6) is 0 Å². The second-order valence-corrected chi connectivity index (χ2v) is 25.3. The van der Waals surface area contributed by atoms with Gasteiger partial charge < -0.3 is 15.0 Å². The number of aliphatic imine (C=N–C) groups is 5. The first-order chi connectivity index (χ1) is 45.9. The van der Waals surface area contributed by atoms with Crippen LogP contribution >= 0.6 is 0 Å². The molecule has 0 aromatic heterocycles. The van der Waals surface area contributed by atoms with Crippen LogP contribution < -0.4 is 0 Å². The van der Waals surface area contributed by atoms with Gasteiger partial charge in [-0.2, -0.15) is 0 Å². The second kappa shape index (κ2) is 32.9. The standard InChI is InChI=1S/C21H16N.C17H8F2N.2C16H13FN.C16H14N.5Ir/c1-21(17-12-6-3-7-13-17)19-15-9-8-14-18(19)20(22-21)16-10-4-2-5-11-16;18-11-7-8-12(14(19)9-11)17-13-5-1-3-10-4-2-6-15(20-17)16(10)13;1-16(2)13-8-3-4-9-14(13)18-15(16)11-6-5-7-12(17)10-11;1-16(2)14-6-4-3-5-13(14)15(18-16)11-7-9-12(17)10-8-11;1-16(2)14-11-7-6-10-13(14)15(17-16)12-8-4-3-5-9-12;;;;;/h2-10,12-15H,1H3;1-7,9H;3-5,7-10H,1-2H3;3-7,9-10H,1-2H3;3-8,10-11H,1-2H3;;;;;/q5*-1;;;;;. The van der Waals surface area contributed by atoms with E-state index in [1.165, 1.54) is 63.2 Å². The van der Waals surface area contributed by atoms with E-state index >= 15 is 0 Å². The zero-order valence-corrected chi connectivity index (χ0v) is 67.2. The van der Waals surface area contributed by atoms with Gasteiger partial charge in [0.15, 0.2) is 0 Å². The minimum Gasteiger partial charge on any atom is -0.322 e. The maximum atomic E-state index is 14.0. The van der Waals surface area contributed by atoms with Gasteiger partial charge in [0, 0.05) is 135 Å². The summed E-state index contributed by atoms with van der Waals surface area (Å²) in [5, 5.41) is 2.06. The Balaban J connectivity index is 0.000000157. The zero-order valence-electron chi connectivity index (χ0n) is 55.2. The minimum absolute atomic E-state index is 0. The van der Waals surface area contributed by atoms with E-state index in [-0.39, 0.29) is 140 Å². The molecule has 0 spiro atoms. The van der Waals surface area contributed by atoms with E-state index in [1.807, 2.05) is 109 Å². The fourth-order valence-electron chi connectivity index (χ4n) is 13.0. The molecule has 17 rings (SSSR count). The maximum Gasteiger partial charge on any atom is 0.0977 e. The summed E-state index contributed by atoms with van der Waals surface area (Å²) in [5.74, 6) is -1.81. The molecular weight excluding hydrogens is 2140 g/mol. The predicted molar refractivity (Wildman–Crippen MR) is 376 cm³/mol. The smallest absolute Gasteiger partial charge is 0.0977 e. The molecule has 0 amide bonds. The average Bonchev–Trinajstić information content (AvgIpc) is 1.60. The third-order valence-electron chi connectivity index (χ3n) is 17.7. The van der Waals surface area contributed by atoms with Crippen molar-refractivity contribution in [3.05, 3.63) is 392 Å². The summed E-state index contributed by atoms with van der Waals surface area (Å²) in [5.41, 5.74) is 19.7. The van der Waals surface area contributed by atoms with Crippen molar-refractivity contribution in [3.8, 4) is 0 Å². The summed E-state index contributed by atoms with van der Waals surface area (Å²) in [6.45, 7) is 14.9. The quantitative estimate of drug-likeness (QED) is 0.118. The first-order valence-electron chi connectivity index (χ1n) is 31.5. The Labute approximate surface area is 650 Å². The van der Waals surface area contributed by atoms with Crippen molar-refractivity contribution < 1.29 is 118 Å². The fraction of sp³-hybridized carbons (Fsp3) is 0.128. The summed E-state index contributed by atoms with van der Waals surface area (Å²) >= 11 is 0. The van der Waals surface area contributed by atoms with E-state index in [1.54, 1.807) is 12.1 Å². The van der Waals surface area contributed by atoms with Gasteiger partial charge in [-0.25, -0.2) is 4.39 Å². The first kappa shape index (κ1) is 77.9. The third kappa shape index (κ3) is 15.9. The molecule has 0 N–H and O–H groups in total. The van der Waals surface area contributed by atoms with Crippen LogP contribution in [0.4, 0.5) is 28.9 Å². The van der Waals surface area contributed by atoms with E-state index in [2.05, 4.69) is 192 Å². The van der Waals surface area contributed by atoms with Crippen LogP contribution in [0.1, 0.15) is 126 Å². The fourth-order valence-corrected chi connectivity index (χ4v) is 13.0. The van der Waals surface area contributed by atoms with Crippen molar-refractivity contribution in [1.29, 1.82) is 0 Å². The van der Waals surface area contributed by atoms with Gasteiger partial charge in [-0.05, 0) is 131 Å². The number of fused-ring (bicyclic) bond motifs is 4. The molecule has 100 heavy (non-hydrogen) atoms. The Morgan fingerprint density at radius 2 is 0.810 bits per heavy atom. The normalized spacial score (nSPS) is 15.5. The number of nitrogens with zero attached hydrogens (tertiary/aromatic N) is 5. The van der Waals surface area contributed by atoms with Crippen LogP contribution in [0.15, 0.2) is 286 Å². The molecule has 511 valence electrons. The van der Waals surface area contributed by atoms with Crippen molar-refractivity contribution in [2.45, 2.75) is 70.5 Å². The molecule has 1 unspecified atom stereocenters. The molecule has 0 fully saturated rings. The maximum absolute atomic E-state index is 14.0. The molecule has 5 heterocycles. The van der Waals surface area contributed by atoms with Gasteiger partial charge >= 0.3 is 0 Å². The summed E-state index contributed by atoms with van der Waals surface area (Å²) in [6.07, 6.45) is 0. The SMILES string of the molecule is CC1(C)C(c2[c-]ccc(F)c2)=Nc2ccccc21.CC1(C)N=C(c2[c-]cc(F)cc2)c2ccccc21.CC1(C)N=C(c2[c-]cccc2)c2ccccc21.CC1(c2ccccc2)N=C(c2[c-]cccc2)c2ccccc21.Fc1c[c-]c(C2=Nc3cccc4cccc2c34)c(F)c1.[Ir].[Ir].[Ir].[Ir].[Ir]. The predicted octanol–water partition coefficient (Wildman–Crippen LogP) is 20.3. The van der Waals surface area contributed by atoms with Crippen LogP contribution in [0.2, 0.25) is 0 Å². The van der Waals surface area contributed by atoms with Crippen molar-refractivity contribution in [1.82, 2.24) is 0 Å². The number of halogens is 4. The van der Waals surface area contributed by atoms with Crippen LogP contribution in [-0.4, -0.2) is 28.6 Å². The third-order valence-corrected chi connectivity index (χ3v) is 17.7. The van der Waals surface area contributed by atoms with Crippen LogP contribution in [0, 0.1) is 53.6 Å². The molecule has 14 heteroatoms. The van der Waals surface area contributed by atoms with Crippen molar-refractivity contribution in [2.75, 3.05) is 0 Å². The van der Waals surface area contributed by atoms with Crippen molar-refractivity contribution in [3.63, 3.8) is 0 Å². The van der Waals surface area contributed by atoms with E-state index in [4.69, 9.17) is 15.0 Å². The summed E-state index contributed by atoms with van der Waals surface area (Å²) in [4.78, 5) is 23.8. The van der Waals surface area contributed by atoms with E-state index in [9.17, 15) is 17.6 Å². The first-order valence-corrected chi connectivity index (χ1v) is 31.5. The number of para-hydroxylation sites is 1. The summed E-state index contributed by atoms with van der Waals surface area (Å²) in [6, 6.07) is 97.6. The van der Waals surface area contributed by atoms with Crippen molar-refractivity contribution >= 4 is 50.7 Å². The van der Waals surface area contributed by atoms with E-state index in [0.29, 0.717) is 5.71 Å². The number of hydrogen-bond acceptors (Lipinski definition) is 5. The van der Waals surface area contributed by atoms with Gasteiger partial charge in [0.25, 0.3) is 0 Å². The summed E-state index contributed by atoms with van der Waals surface area (Å²) in [7, 11) is 0. The van der Waals surface area contributed by atoms with Gasteiger partial charge in [-0.3, -0.25) is 23.2 Å². The molecule has 5 aliphatic heterocycles. The minimum atomic E-state index is -0.645. The molecule has 0 aliphatic carbocycles. The molecule has 12 aromatic carbocycles. The second-order valence-electron chi connectivity index (χ2n) is 25.3. The summed E-state index contributed by atoms with van der Waals surface area (Å²) < 4.78 is 53.2. The largest absolute Gasteiger partial charge is 0.322 e. The molecule has 0 bridgehead atoms. The zero-order chi connectivity index (χ0) is 66.1. The van der Waals surface area contributed by atoms with Gasteiger partial charge in [-0.15, -0.1) is 144 Å². The van der Waals surface area contributed by atoms with Crippen LogP contribution in [-0.2, 0) is 123 Å². The van der Waals surface area contributed by atoms with E-state index in [0.717, 1.165) is 90.5 Å². The molecule has 0 saturated heterocycles. The van der Waals surface area contributed by atoms with Gasteiger partial charge in [0.05, 0.1) is 28.0 Å². The Kier molecular flexibility index (Phi) is 25.6. The van der Waals surface area contributed by atoms with Gasteiger partial charge in [-0.1, -0.05) is 177 Å². The number of rotatable bonds is 6. The molecule has 5 aliphatic rings. The Morgan fingerprint density at radius 3 is 1.36 bits per heavy atom. The van der Waals surface area contributed by atoms with Gasteiger partial charge in [0.1, 0.15) is 0 Å². The van der Waals surface area contributed by atoms with Crippen LogP contribution in [0.25, 0.3) is 10.8 Å². The molecule has 0 saturated carbocycles. The number of hydrogen-bond donors (Lipinski definition) is 0. The molecule has 5 radical (unpaired) electrons. The number of benzene rings is 12. The molecule has 1 atom stereocenters. The Hall–Kier alpha value is -7.78. The topological polar surface area (TPSA) is 61.8 Å². The average molecular weight is 2200 g/mol. The van der Waals surface area contributed by atoms with Crippen molar-refractivity contribution in [2.24, 2.45) is 25.0 Å². The molecular formula is C86H64F4Ir5N5-5. The molecule has 5 nitrogen and oxygen atoms in total. The monoisotopic (exact) mass is 2210 g/mol. The van der Waals surface area contributed by atoms with Gasteiger partial charge in [0.2, 0.25) is 0 Å². The molecule has 12 aromatic rings. The Bertz CT molecular complexity index is 5050.